The topological polar surface area (TPSA) is 78.0 Å². The number of imide groups is 1. The van der Waals surface area contributed by atoms with Gasteiger partial charge in [-0.2, -0.15) is 0 Å². The number of piperazine rings is 1. The van der Waals surface area contributed by atoms with Crippen LogP contribution in [0.3, 0.4) is 0 Å². The summed E-state index contributed by atoms with van der Waals surface area (Å²) in [6.45, 7) is 4.22. The highest BCUT2D eigenvalue weighted by atomic mass is 16.2. The van der Waals surface area contributed by atoms with E-state index in [0.717, 1.165) is 17.7 Å². The van der Waals surface area contributed by atoms with E-state index in [1.807, 2.05) is 4.90 Å². The molecule has 7 nitrogen and oxygen atoms in total. The van der Waals surface area contributed by atoms with Crippen LogP contribution in [0.15, 0.2) is 24.3 Å². The van der Waals surface area contributed by atoms with E-state index in [1.165, 1.54) is 0 Å². The van der Waals surface area contributed by atoms with Crippen LogP contribution in [0.2, 0.25) is 0 Å². The first kappa shape index (κ1) is 19.1. The summed E-state index contributed by atoms with van der Waals surface area (Å²) < 4.78 is 0. The Bertz CT molecular complexity index is 718. The lowest BCUT2D eigenvalue weighted by Crippen LogP contribution is -2.51. The zero-order valence-corrected chi connectivity index (χ0v) is 15.6. The van der Waals surface area contributed by atoms with Crippen molar-refractivity contribution >= 4 is 23.6 Å². The molecule has 2 heterocycles. The standard InChI is InChI=1S/C20H25N3O4/c1-2-3-8-17(24)21-11-13-22(14-12-21)18(25)9-10-23-19(26)15-6-4-5-7-16(15)20(23)27/h4-7H,2-3,8-14H2,1H3. The summed E-state index contributed by atoms with van der Waals surface area (Å²) in [6.07, 6.45) is 2.54. The van der Waals surface area contributed by atoms with Gasteiger partial charge in [-0.3, -0.25) is 24.1 Å². The minimum Gasteiger partial charge on any atom is -0.339 e. The zero-order chi connectivity index (χ0) is 19.4. The van der Waals surface area contributed by atoms with E-state index in [4.69, 9.17) is 0 Å². The van der Waals surface area contributed by atoms with E-state index < -0.39 is 0 Å². The highest BCUT2D eigenvalue weighted by Crippen LogP contribution is 2.22. The van der Waals surface area contributed by atoms with E-state index in [0.29, 0.717) is 43.7 Å². The highest BCUT2D eigenvalue weighted by molar-refractivity contribution is 6.21. The van der Waals surface area contributed by atoms with Gasteiger partial charge in [-0.1, -0.05) is 25.5 Å². The van der Waals surface area contributed by atoms with Gasteiger partial charge in [0.25, 0.3) is 11.8 Å². The molecule has 0 aliphatic carbocycles. The monoisotopic (exact) mass is 371 g/mol. The molecular formula is C20H25N3O4. The van der Waals surface area contributed by atoms with Gasteiger partial charge >= 0.3 is 0 Å². The van der Waals surface area contributed by atoms with Crippen molar-refractivity contribution in [3.63, 3.8) is 0 Å². The van der Waals surface area contributed by atoms with Gasteiger partial charge in [-0.25, -0.2) is 0 Å². The molecule has 1 aromatic carbocycles. The second kappa shape index (κ2) is 8.33. The van der Waals surface area contributed by atoms with E-state index >= 15 is 0 Å². The zero-order valence-electron chi connectivity index (χ0n) is 15.6. The van der Waals surface area contributed by atoms with Gasteiger partial charge in [0.2, 0.25) is 11.8 Å². The van der Waals surface area contributed by atoms with Crippen molar-refractivity contribution in [3.8, 4) is 0 Å². The Morgan fingerprint density at radius 2 is 1.33 bits per heavy atom. The van der Waals surface area contributed by atoms with Crippen molar-refractivity contribution in [2.45, 2.75) is 32.6 Å². The molecule has 0 radical (unpaired) electrons. The average Bonchev–Trinajstić information content (AvgIpc) is 2.95. The van der Waals surface area contributed by atoms with E-state index in [9.17, 15) is 19.2 Å². The minimum absolute atomic E-state index is 0.0842. The van der Waals surface area contributed by atoms with Crippen LogP contribution in [0.25, 0.3) is 0 Å². The average molecular weight is 371 g/mol. The minimum atomic E-state index is -0.338. The predicted octanol–water partition coefficient (Wildman–Crippen LogP) is 1.53. The number of benzene rings is 1. The number of carbonyl (C=O) groups is 4. The Morgan fingerprint density at radius 3 is 1.81 bits per heavy atom. The number of amides is 4. The Morgan fingerprint density at radius 1 is 0.852 bits per heavy atom. The normalized spacial score (nSPS) is 16.7. The Labute approximate surface area is 158 Å². The van der Waals surface area contributed by atoms with Crippen LogP contribution < -0.4 is 0 Å². The Hall–Kier alpha value is -2.70. The van der Waals surface area contributed by atoms with E-state index in [1.54, 1.807) is 29.2 Å². The van der Waals surface area contributed by atoms with Crippen molar-refractivity contribution < 1.29 is 19.2 Å². The van der Waals surface area contributed by atoms with Crippen LogP contribution in [0.5, 0.6) is 0 Å². The maximum Gasteiger partial charge on any atom is 0.261 e. The van der Waals surface area contributed by atoms with Crippen LogP contribution in [-0.4, -0.2) is 71.1 Å². The SMILES string of the molecule is CCCCC(=O)N1CCN(C(=O)CCN2C(=O)c3ccccc3C2=O)CC1. The lowest BCUT2D eigenvalue weighted by Gasteiger charge is -2.35. The molecule has 7 heteroatoms. The molecule has 144 valence electrons. The van der Waals surface area contributed by atoms with Gasteiger partial charge in [0.05, 0.1) is 11.1 Å². The molecule has 0 atom stereocenters. The molecule has 2 aliphatic heterocycles. The lowest BCUT2D eigenvalue weighted by molar-refractivity contribution is -0.139. The smallest absolute Gasteiger partial charge is 0.261 e. The lowest BCUT2D eigenvalue weighted by atomic mass is 10.1. The molecule has 0 unspecified atom stereocenters. The summed E-state index contributed by atoms with van der Waals surface area (Å²) in [5.74, 6) is -0.619. The van der Waals surface area contributed by atoms with Crippen LogP contribution >= 0.6 is 0 Å². The van der Waals surface area contributed by atoms with E-state index in [2.05, 4.69) is 6.92 Å². The summed E-state index contributed by atoms with van der Waals surface area (Å²) in [6, 6.07) is 6.71. The molecular weight excluding hydrogens is 346 g/mol. The van der Waals surface area contributed by atoms with Crippen LogP contribution in [0.4, 0.5) is 0 Å². The fraction of sp³-hybridized carbons (Fsp3) is 0.500. The second-order valence-electron chi connectivity index (χ2n) is 6.92. The van der Waals surface area contributed by atoms with Crippen molar-refractivity contribution in [1.82, 2.24) is 14.7 Å². The molecule has 1 saturated heterocycles. The number of fused-ring (bicyclic) bond motifs is 1. The second-order valence-corrected chi connectivity index (χ2v) is 6.92. The molecule has 27 heavy (non-hydrogen) atoms. The molecule has 0 N–H and O–H groups in total. The quantitative estimate of drug-likeness (QED) is 0.711. The Balaban J connectivity index is 1.48. The molecule has 0 spiro atoms. The Kier molecular flexibility index (Phi) is 5.88. The van der Waals surface area contributed by atoms with E-state index in [-0.39, 0.29) is 36.6 Å². The molecule has 2 aliphatic rings. The maximum atomic E-state index is 12.5. The van der Waals surface area contributed by atoms with Gasteiger partial charge in [0.15, 0.2) is 0 Å². The molecule has 0 aromatic heterocycles. The van der Waals surface area contributed by atoms with Gasteiger partial charge < -0.3 is 9.80 Å². The maximum absolute atomic E-state index is 12.5. The largest absolute Gasteiger partial charge is 0.339 e. The number of nitrogens with zero attached hydrogens (tertiary/aromatic N) is 3. The van der Waals surface area contributed by atoms with Crippen LogP contribution in [0.1, 0.15) is 53.3 Å². The molecule has 4 amide bonds. The van der Waals surface area contributed by atoms with Crippen LogP contribution in [-0.2, 0) is 9.59 Å². The molecule has 0 bridgehead atoms. The van der Waals surface area contributed by atoms with Gasteiger partial charge in [-0.15, -0.1) is 0 Å². The molecule has 3 rings (SSSR count). The number of carbonyl (C=O) groups excluding carboxylic acids is 4. The number of unbranched alkanes of at least 4 members (excludes halogenated alkanes) is 1. The highest BCUT2D eigenvalue weighted by Gasteiger charge is 2.35. The summed E-state index contributed by atoms with van der Waals surface area (Å²) in [5.41, 5.74) is 0.795. The summed E-state index contributed by atoms with van der Waals surface area (Å²) >= 11 is 0. The third kappa shape index (κ3) is 4.02. The molecule has 1 fully saturated rings. The van der Waals surface area contributed by atoms with Crippen molar-refractivity contribution in [3.05, 3.63) is 35.4 Å². The predicted molar refractivity (Wildman–Crippen MR) is 99.1 cm³/mol. The number of hydrogen-bond donors (Lipinski definition) is 0. The number of hydrogen-bond acceptors (Lipinski definition) is 4. The first-order chi connectivity index (χ1) is 13.0. The van der Waals surface area contributed by atoms with Gasteiger partial charge in [0, 0.05) is 45.6 Å². The van der Waals surface area contributed by atoms with Crippen molar-refractivity contribution in [2.75, 3.05) is 32.7 Å². The fourth-order valence-electron chi connectivity index (χ4n) is 3.50. The summed E-state index contributed by atoms with van der Waals surface area (Å²) in [7, 11) is 0. The van der Waals surface area contributed by atoms with Gasteiger partial charge in [-0.05, 0) is 18.6 Å². The molecule has 0 saturated carbocycles. The van der Waals surface area contributed by atoms with Crippen LogP contribution in [0, 0.1) is 0 Å². The fourth-order valence-corrected chi connectivity index (χ4v) is 3.50. The third-order valence-corrected chi connectivity index (χ3v) is 5.16. The first-order valence-corrected chi connectivity index (χ1v) is 9.53. The first-order valence-electron chi connectivity index (χ1n) is 9.53. The summed E-state index contributed by atoms with van der Waals surface area (Å²) in [4.78, 5) is 53.9. The van der Waals surface area contributed by atoms with Crippen molar-refractivity contribution in [2.24, 2.45) is 0 Å². The van der Waals surface area contributed by atoms with Gasteiger partial charge in [0.1, 0.15) is 0 Å². The molecule has 1 aromatic rings. The third-order valence-electron chi connectivity index (χ3n) is 5.16. The summed E-state index contributed by atoms with van der Waals surface area (Å²) in [5, 5.41) is 0. The van der Waals surface area contributed by atoms with Crippen molar-refractivity contribution in [1.29, 1.82) is 0 Å². The number of rotatable bonds is 6.